The molecule has 0 saturated carbocycles. The van der Waals surface area contributed by atoms with E-state index in [1.54, 1.807) is 17.7 Å². The first-order chi connectivity index (χ1) is 9.26. The summed E-state index contributed by atoms with van der Waals surface area (Å²) in [6.07, 6.45) is 2.65. The zero-order valence-corrected chi connectivity index (χ0v) is 11.8. The van der Waals surface area contributed by atoms with Crippen LogP contribution in [-0.4, -0.2) is 9.97 Å². The Balaban J connectivity index is 2.02. The van der Waals surface area contributed by atoms with Crippen molar-refractivity contribution in [3.05, 3.63) is 47.1 Å². The maximum atomic E-state index is 4.36. The van der Waals surface area contributed by atoms with E-state index in [-0.39, 0.29) is 0 Å². The van der Waals surface area contributed by atoms with Crippen LogP contribution in [0.25, 0.3) is 10.2 Å². The molecule has 0 amide bonds. The number of hydrogen-bond donors (Lipinski definition) is 1. The van der Waals surface area contributed by atoms with Crippen LogP contribution in [0.5, 0.6) is 0 Å². The van der Waals surface area contributed by atoms with Crippen LogP contribution in [0, 0.1) is 6.92 Å². The predicted octanol–water partition coefficient (Wildman–Crippen LogP) is 4.31. The van der Waals surface area contributed by atoms with Gasteiger partial charge in [0.25, 0.3) is 0 Å². The van der Waals surface area contributed by atoms with E-state index in [2.05, 4.69) is 47.3 Å². The average molecular weight is 269 g/mol. The van der Waals surface area contributed by atoms with E-state index in [0.29, 0.717) is 0 Å². The summed E-state index contributed by atoms with van der Waals surface area (Å²) in [6, 6.07) is 10.5. The molecule has 0 fully saturated rings. The summed E-state index contributed by atoms with van der Waals surface area (Å²) in [4.78, 5) is 11.1. The smallest absolute Gasteiger partial charge is 0.142 e. The van der Waals surface area contributed by atoms with Gasteiger partial charge in [0.15, 0.2) is 0 Å². The minimum Gasteiger partial charge on any atom is -0.340 e. The molecule has 3 nitrogen and oxygen atoms in total. The van der Waals surface area contributed by atoms with Crippen molar-refractivity contribution in [1.29, 1.82) is 0 Å². The van der Waals surface area contributed by atoms with Gasteiger partial charge in [0.1, 0.15) is 17.0 Å². The molecular weight excluding hydrogens is 254 g/mol. The third-order valence-corrected chi connectivity index (χ3v) is 4.20. The molecule has 19 heavy (non-hydrogen) atoms. The van der Waals surface area contributed by atoms with Gasteiger partial charge in [0.2, 0.25) is 0 Å². The van der Waals surface area contributed by atoms with Crippen molar-refractivity contribution in [2.75, 3.05) is 5.32 Å². The first-order valence-electron chi connectivity index (χ1n) is 6.33. The van der Waals surface area contributed by atoms with Crippen molar-refractivity contribution < 1.29 is 0 Å². The number of fused-ring (bicyclic) bond motifs is 1. The van der Waals surface area contributed by atoms with E-state index in [9.17, 15) is 0 Å². The molecule has 1 aromatic carbocycles. The number of aromatic nitrogens is 2. The fraction of sp³-hybridized carbons (Fsp3) is 0.200. The van der Waals surface area contributed by atoms with Crippen LogP contribution < -0.4 is 5.32 Å². The molecule has 0 aliphatic heterocycles. The van der Waals surface area contributed by atoms with Gasteiger partial charge in [-0.25, -0.2) is 9.97 Å². The Bertz CT molecular complexity index is 718. The highest BCUT2D eigenvalue weighted by Gasteiger charge is 2.08. The normalized spacial score (nSPS) is 10.8. The summed E-state index contributed by atoms with van der Waals surface area (Å²) in [5.74, 6) is 0.881. The molecule has 0 aliphatic carbocycles. The summed E-state index contributed by atoms with van der Waals surface area (Å²) < 4.78 is 0. The number of benzene rings is 1. The second-order valence-electron chi connectivity index (χ2n) is 4.50. The molecule has 96 valence electrons. The van der Waals surface area contributed by atoms with Gasteiger partial charge in [0.05, 0.1) is 5.39 Å². The number of nitrogens with one attached hydrogen (secondary N) is 1. The minimum atomic E-state index is 0.881. The van der Waals surface area contributed by atoms with E-state index in [1.807, 2.05) is 12.1 Å². The van der Waals surface area contributed by atoms with Crippen LogP contribution in [0.1, 0.15) is 17.4 Å². The molecule has 0 radical (unpaired) electrons. The molecule has 0 saturated heterocycles. The maximum Gasteiger partial charge on any atom is 0.142 e. The summed E-state index contributed by atoms with van der Waals surface area (Å²) in [6.45, 7) is 4.24. The lowest BCUT2D eigenvalue weighted by molar-refractivity contribution is 1.19. The summed E-state index contributed by atoms with van der Waals surface area (Å²) in [5.41, 5.74) is 2.29. The van der Waals surface area contributed by atoms with Crippen LogP contribution in [0.3, 0.4) is 0 Å². The fourth-order valence-electron chi connectivity index (χ4n) is 2.04. The Morgan fingerprint density at radius 2 is 2.11 bits per heavy atom. The highest BCUT2D eigenvalue weighted by atomic mass is 32.1. The fourth-order valence-corrected chi connectivity index (χ4v) is 2.97. The van der Waals surface area contributed by atoms with Crippen molar-refractivity contribution >= 4 is 33.1 Å². The lowest BCUT2D eigenvalue weighted by atomic mass is 10.2. The van der Waals surface area contributed by atoms with E-state index in [1.165, 1.54) is 10.4 Å². The zero-order chi connectivity index (χ0) is 13.2. The molecule has 4 heteroatoms. The number of nitrogens with zero attached hydrogens (tertiary/aromatic N) is 2. The van der Waals surface area contributed by atoms with Gasteiger partial charge in [-0.3, -0.25) is 0 Å². The van der Waals surface area contributed by atoms with Crippen LogP contribution in [0.4, 0.5) is 11.5 Å². The Morgan fingerprint density at radius 1 is 1.21 bits per heavy atom. The topological polar surface area (TPSA) is 37.8 Å². The molecule has 0 bridgehead atoms. The Hall–Kier alpha value is -1.94. The van der Waals surface area contributed by atoms with Crippen molar-refractivity contribution in [2.24, 2.45) is 0 Å². The summed E-state index contributed by atoms with van der Waals surface area (Å²) in [7, 11) is 0. The van der Waals surface area contributed by atoms with Crippen molar-refractivity contribution in [2.45, 2.75) is 20.3 Å². The molecule has 2 aromatic heterocycles. The van der Waals surface area contributed by atoms with Gasteiger partial charge in [-0.1, -0.05) is 19.1 Å². The SMILES string of the molecule is CCc1cc2c(Nc3cccc(C)c3)ncnc2s1. The minimum absolute atomic E-state index is 0.881. The molecule has 0 aliphatic rings. The first-order valence-corrected chi connectivity index (χ1v) is 7.15. The number of rotatable bonds is 3. The summed E-state index contributed by atoms with van der Waals surface area (Å²) >= 11 is 1.73. The van der Waals surface area contributed by atoms with Gasteiger partial charge < -0.3 is 5.32 Å². The van der Waals surface area contributed by atoms with Crippen LogP contribution in [0.15, 0.2) is 36.7 Å². The van der Waals surface area contributed by atoms with Crippen LogP contribution in [-0.2, 0) is 6.42 Å². The van der Waals surface area contributed by atoms with E-state index in [4.69, 9.17) is 0 Å². The molecule has 2 heterocycles. The molecule has 3 aromatic rings. The van der Waals surface area contributed by atoms with Gasteiger partial charge in [-0.05, 0) is 37.1 Å². The lowest BCUT2D eigenvalue weighted by Crippen LogP contribution is -1.94. The quantitative estimate of drug-likeness (QED) is 0.770. The van der Waals surface area contributed by atoms with Gasteiger partial charge in [0, 0.05) is 10.6 Å². The third kappa shape index (κ3) is 2.44. The van der Waals surface area contributed by atoms with E-state index < -0.39 is 0 Å². The third-order valence-electron chi connectivity index (χ3n) is 3.01. The molecule has 1 N–H and O–H groups in total. The predicted molar refractivity (Wildman–Crippen MR) is 81.3 cm³/mol. The van der Waals surface area contributed by atoms with Crippen LogP contribution in [0.2, 0.25) is 0 Å². The molecule has 3 rings (SSSR count). The summed E-state index contributed by atoms with van der Waals surface area (Å²) in [5, 5.41) is 4.48. The average Bonchev–Trinajstić information content (AvgIpc) is 2.83. The highest BCUT2D eigenvalue weighted by molar-refractivity contribution is 7.18. The lowest BCUT2D eigenvalue weighted by Gasteiger charge is -2.06. The zero-order valence-electron chi connectivity index (χ0n) is 11.0. The molecule has 0 spiro atoms. The van der Waals surface area contributed by atoms with E-state index in [0.717, 1.165) is 28.1 Å². The Kier molecular flexibility index (Phi) is 3.17. The standard InChI is InChI=1S/C15H15N3S/c1-3-12-8-13-14(16-9-17-15(13)19-12)18-11-6-4-5-10(2)7-11/h4-9H,3H2,1-2H3,(H,16,17,18). The first kappa shape index (κ1) is 12.1. The molecule has 0 unspecified atom stereocenters. The van der Waals surface area contributed by atoms with E-state index >= 15 is 0 Å². The highest BCUT2D eigenvalue weighted by Crippen LogP contribution is 2.30. The monoisotopic (exact) mass is 269 g/mol. The molecular formula is C15H15N3S. The number of thiophene rings is 1. The number of aryl methyl sites for hydroxylation is 2. The number of hydrogen-bond acceptors (Lipinski definition) is 4. The van der Waals surface area contributed by atoms with Gasteiger partial charge in [-0.15, -0.1) is 11.3 Å². The van der Waals surface area contributed by atoms with Crippen molar-refractivity contribution in [3.63, 3.8) is 0 Å². The largest absolute Gasteiger partial charge is 0.340 e. The van der Waals surface area contributed by atoms with Gasteiger partial charge in [-0.2, -0.15) is 0 Å². The van der Waals surface area contributed by atoms with Crippen molar-refractivity contribution in [1.82, 2.24) is 9.97 Å². The Morgan fingerprint density at radius 3 is 2.89 bits per heavy atom. The maximum absolute atomic E-state index is 4.36. The second kappa shape index (κ2) is 4.97. The van der Waals surface area contributed by atoms with Gasteiger partial charge >= 0.3 is 0 Å². The molecule has 0 atom stereocenters. The number of anilines is 2. The van der Waals surface area contributed by atoms with Crippen molar-refractivity contribution in [3.8, 4) is 0 Å². The second-order valence-corrected chi connectivity index (χ2v) is 5.62. The Labute approximate surface area is 116 Å². The van der Waals surface area contributed by atoms with Crippen LogP contribution >= 0.6 is 11.3 Å².